The van der Waals surface area contributed by atoms with Gasteiger partial charge in [-0.25, -0.2) is 0 Å². The van der Waals surface area contributed by atoms with E-state index in [4.69, 9.17) is 5.73 Å². The minimum absolute atomic E-state index is 0.354. The van der Waals surface area contributed by atoms with E-state index in [0.717, 1.165) is 0 Å². The second kappa shape index (κ2) is 6.27. The highest BCUT2D eigenvalue weighted by Crippen LogP contribution is 2.41. The second-order valence-electron chi connectivity index (χ2n) is 5.49. The van der Waals surface area contributed by atoms with Gasteiger partial charge < -0.3 is 10.6 Å². The lowest BCUT2D eigenvalue weighted by molar-refractivity contribution is 0.323. The minimum Gasteiger partial charge on any atom is -0.326 e. The summed E-state index contributed by atoms with van der Waals surface area (Å²) in [6.45, 7) is 12.6. The monoisotopic (exact) mass is 244 g/mol. The molecule has 3 heteroatoms. The lowest BCUT2D eigenvalue weighted by Gasteiger charge is -2.27. The Bertz CT molecular complexity index is 202. The number of rotatable bonds is 6. The molecule has 2 nitrogen and oxygen atoms in total. The zero-order valence-corrected chi connectivity index (χ0v) is 12.1. The molecule has 1 fully saturated rings. The summed E-state index contributed by atoms with van der Waals surface area (Å²) >= 11 is 2.09. The molecule has 2 atom stereocenters. The smallest absolute Gasteiger partial charge is 0.0211 e. The van der Waals surface area contributed by atoms with E-state index in [1.807, 2.05) is 0 Å². The maximum atomic E-state index is 6.30. The van der Waals surface area contributed by atoms with Crippen LogP contribution in [0.1, 0.15) is 40.5 Å². The van der Waals surface area contributed by atoms with Crippen LogP contribution >= 0.6 is 11.8 Å². The fourth-order valence-corrected chi connectivity index (χ4v) is 3.95. The predicted molar refractivity (Wildman–Crippen MR) is 75.0 cm³/mol. The third kappa shape index (κ3) is 3.64. The van der Waals surface area contributed by atoms with Gasteiger partial charge in [0.05, 0.1) is 0 Å². The molecule has 0 aromatic heterocycles. The number of nitrogens with zero attached hydrogens (tertiary/aromatic N) is 1. The van der Waals surface area contributed by atoms with Crippen molar-refractivity contribution in [1.29, 1.82) is 0 Å². The van der Waals surface area contributed by atoms with E-state index in [0.29, 0.717) is 16.7 Å². The van der Waals surface area contributed by atoms with Crippen molar-refractivity contribution >= 4 is 11.8 Å². The summed E-state index contributed by atoms with van der Waals surface area (Å²) in [6.07, 6.45) is 2.59. The average molecular weight is 244 g/mol. The van der Waals surface area contributed by atoms with Gasteiger partial charge in [-0.15, -0.1) is 0 Å². The Labute approximate surface area is 105 Å². The Morgan fingerprint density at radius 2 is 1.94 bits per heavy atom. The molecule has 2 unspecified atom stereocenters. The molecule has 0 amide bonds. The van der Waals surface area contributed by atoms with Crippen LogP contribution < -0.4 is 5.73 Å². The number of nitrogens with two attached hydrogens (primary N) is 1. The van der Waals surface area contributed by atoms with Crippen LogP contribution in [-0.4, -0.2) is 41.6 Å². The summed E-state index contributed by atoms with van der Waals surface area (Å²) in [5.41, 5.74) is 6.66. The van der Waals surface area contributed by atoms with Crippen molar-refractivity contribution in [3.05, 3.63) is 0 Å². The molecular formula is C13H28N2S. The Kier molecular flexibility index (Phi) is 5.62. The molecule has 16 heavy (non-hydrogen) atoms. The molecule has 0 bridgehead atoms. The highest BCUT2D eigenvalue weighted by Gasteiger charge is 2.39. The van der Waals surface area contributed by atoms with E-state index in [9.17, 15) is 0 Å². The van der Waals surface area contributed by atoms with Crippen LogP contribution in [-0.2, 0) is 0 Å². The quantitative estimate of drug-likeness (QED) is 0.779. The molecule has 0 spiro atoms. The van der Waals surface area contributed by atoms with Crippen LogP contribution in [0.15, 0.2) is 0 Å². The van der Waals surface area contributed by atoms with E-state index in [1.54, 1.807) is 0 Å². The van der Waals surface area contributed by atoms with Crippen molar-refractivity contribution in [3.63, 3.8) is 0 Å². The summed E-state index contributed by atoms with van der Waals surface area (Å²) in [6, 6.07) is 0.384. The molecule has 0 aromatic carbocycles. The molecule has 0 heterocycles. The SMILES string of the molecule is CCN(CC)CCSC1CCC(C)(C)C1N. The Morgan fingerprint density at radius 1 is 1.31 bits per heavy atom. The van der Waals surface area contributed by atoms with Gasteiger partial charge in [0.1, 0.15) is 0 Å². The van der Waals surface area contributed by atoms with Crippen LogP contribution in [0.3, 0.4) is 0 Å². The summed E-state index contributed by atoms with van der Waals surface area (Å²) < 4.78 is 0. The summed E-state index contributed by atoms with van der Waals surface area (Å²) in [5.74, 6) is 1.23. The predicted octanol–water partition coefficient (Wildman–Crippen LogP) is 2.58. The molecule has 1 aliphatic rings. The summed E-state index contributed by atoms with van der Waals surface area (Å²) in [7, 11) is 0. The first-order valence-electron chi connectivity index (χ1n) is 6.60. The van der Waals surface area contributed by atoms with Crippen molar-refractivity contribution in [2.24, 2.45) is 11.1 Å². The highest BCUT2D eigenvalue weighted by atomic mass is 32.2. The molecule has 1 rings (SSSR count). The topological polar surface area (TPSA) is 29.3 Å². The van der Waals surface area contributed by atoms with Gasteiger partial charge in [0.2, 0.25) is 0 Å². The standard InChI is InChI=1S/C13H28N2S/c1-5-15(6-2)9-10-16-11-7-8-13(3,4)12(11)14/h11-12H,5-10,14H2,1-4H3. The lowest BCUT2D eigenvalue weighted by Crippen LogP contribution is -2.39. The van der Waals surface area contributed by atoms with Gasteiger partial charge in [-0.1, -0.05) is 27.7 Å². The van der Waals surface area contributed by atoms with Crippen LogP contribution in [0.25, 0.3) is 0 Å². The van der Waals surface area contributed by atoms with Crippen LogP contribution in [0, 0.1) is 5.41 Å². The van der Waals surface area contributed by atoms with Gasteiger partial charge in [-0.2, -0.15) is 11.8 Å². The van der Waals surface area contributed by atoms with Gasteiger partial charge >= 0.3 is 0 Å². The van der Waals surface area contributed by atoms with E-state index in [1.165, 1.54) is 38.2 Å². The molecule has 1 saturated carbocycles. The fourth-order valence-electron chi connectivity index (χ4n) is 2.42. The van der Waals surface area contributed by atoms with Gasteiger partial charge in [0.25, 0.3) is 0 Å². The third-order valence-electron chi connectivity index (χ3n) is 4.01. The van der Waals surface area contributed by atoms with Gasteiger partial charge in [0, 0.05) is 23.6 Å². The van der Waals surface area contributed by atoms with E-state index in [2.05, 4.69) is 44.4 Å². The number of hydrogen-bond donors (Lipinski definition) is 1. The summed E-state index contributed by atoms with van der Waals surface area (Å²) in [5, 5.41) is 0.686. The average Bonchev–Trinajstić information content (AvgIpc) is 2.51. The largest absolute Gasteiger partial charge is 0.326 e. The molecular weight excluding hydrogens is 216 g/mol. The van der Waals surface area contributed by atoms with E-state index >= 15 is 0 Å². The zero-order valence-electron chi connectivity index (χ0n) is 11.3. The van der Waals surface area contributed by atoms with Gasteiger partial charge in [-0.05, 0) is 31.3 Å². The molecule has 96 valence electrons. The maximum absolute atomic E-state index is 6.30. The summed E-state index contributed by atoms with van der Waals surface area (Å²) in [4.78, 5) is 2.48. The first-order chi connectivity index (χ1) is 7.51. The maximum Gasteiger partial charge on any atom is 0.0211 e. The Hall–Kier alpha value is 0.270. The van der Waals surface area contributed by atoms with Gasteiger partial charge in [0.15, 0.2) is 0 Å². The van der Waals surface area contributed by atoms with Crippen molar-refractivity contribution in [1.82, 2.24) is 4.90 Å². The first-order valence-corrected chi connectivity index (χ1v) is 7.65. The van der Waals surface area contributed by atoms with Crippen LogP contribution in [0.5, 0.6) is 0 Å². The third-order valence-corrected chi connectivity index (χ3v) is 5.39. The molecule has 1 aliphatic carbocycles. The van der Waals surface area contributed by atoms with Crippen LogP contribution in [0.4, 0.5) is 0 Å². The molecule has 0 saturated heterocycles. The number of thioether (sulfide) groups is 1. The van der Waals surface area contributed by atoms with E-state index < -0.39 is 0 Å². The molecule has 0 aromatic rings. The van der Waals surface area contributed by atoms with Crippen molar-refractivity contribution in [3.8, 4) is 0 Å². The molecule has 0 aliphatic heterocycles. The van der Waals surface area contributed by atoms with Crippen molar-refractivity contribution in [2.45, 2.75) is 51.8 Å². The Balaban J connectivity index is 2.24. The Morgan fingerprint density at radius 3 is 2.38 bits per heavy atom. The highest BCUT2D eigenvalue weighted by molar-refractivity contribution is 8.00. The van der Waals surface area contributed by atoms with Crippen molar-refractivity contribution in [2.75, 3.05) is 25.4 Å². The minimum atomic E-state index is 0.354. The number of hydrogen-bond acceptors (Lipinski definition) is 3. The molecule has 0 radical (unpaired) electrons. The lowest BCUT2D eigenvalue weighted by atomic mass is 9.88. The molecule has 2 N–H and O–H groups in total. The first kappa shape index (κ1) is 14.3. The van der Waals surface area contributed by atoms with Crippen LogP contribution in [0.2, 0.25) is 0 Å². The zero-order chi connectivity index (χ0) is 12.2. The van der Waals surface area contributed by atoms with Crippen molar-refractivity contribution < 1.29 is 0 Å². The second-order valence-corrected chi connectivity index (χ2v) is 6.84. The fraction of sp³-hybridized carbons (Fsp3) is 1.00. The normalized spacial score (nSPS) is 28.9. The van der Waals surface area contributed by atoms with Gasteiger partial charge in [-0.3, -0.25) is 0 Å². The van der Waals surface area contributed by atoms with E-state index in [-0.39, 0.29) is 0 Å².